The summed E-state index contributed by atoms with van der Waals surface area (Å²) in [5, 5.41) is 76.3. The van der Waals surface area contributed by atoms with Gasteiger partial charge in [-0.1, -0.05) is 0 Å². The van der Waals surface area contributed by atoms with Crippen molar-refractivity contribution in [3.8, 4) is 0 Å². The molecule has 176 valence electrons. The smallest absolute Gasteiger partial charge is 0.0555 e. The summed E-state index contributed by atoms with van der Waals surface area (Å²) in [5.41, 5.74) is 0. The molecule has 12 N–H and O–H groups in total. The van der Waals surface area contributed by atoms with Crippen molar-refractivity contribution in [1.82, 2.24) is 21.3 Å². The third-order valence-corrected chi connectivity index (χ3v) is 2.31. The summed E-state index contributed by atoms with van der Waals surface area (Å²) in [6.45, 7) is 5.67. The van der Waals surface area contributed by atoms with Gasteiger partial charge in [0.25, 0.3) is 0 Å². The van der Waals surface area contributed by atoms with Crippen LogP contribution in [-0.4, -0.2) is 146 Å². The second-order valence-electron chi connectivity index (χ2n) is 4.79. The van der Waals surface area contributed by atoms with Crippen LogP contribution in [0.3, 0.4) is 0 Å². The first-order valence-electron chi connectivity index (χ1n) is 9.36. The predicted octanol–water partition coefficient (Wildman–Crippen LogP) is -5.76. The van der Waals surface area contributed by atoms with Crippen LogP contribution in [0.25, 0.3) is 0 Å². The largest absolute Gasteiger partial charge is 0.395 e. The monoisotopic (exact) mass is 420 g/mol. The van der Waals surface area contributed by atoms with Crippen molar-refractivity contribution in [2.45, 2.75) is 0 Å². The van der Waals surface area contributed by atoms with Crippen molar-refractivity contribution >= 4 is 0 Å². The maximum atomic E-state index is 8.15. The van der Waals surface area contributed by atoms with Crippen molar-refractivity contribution < 1.29 is 40.9 Å². The number of hydrogen-bond donors (Lipinski definition) is 12. The van der Waals surface area contributed by atoms with Crippen LogP contribution in [0, 0.1) is 0 Å². The molecule has 0 radical (unpaired) electrons. The van der Waals surface area contributed by atoms with E-state index in [2.05, 4.69) is 21.3 Å². The standard InChI is InChI=1S/4C4H11NO2/c4*6-3-1-5-2-4-7/h4*5-7H,1-4H2. The predicted molar refractivity (Wildman–Crippen MR) is 108 cm³/mol. The van der Waals surface area contributed by atoms with Gasteiger partial charge in [0.15, 0.2) is 0 Å². The van der Waals surface area contributed by atoms with Crippen molar-refractivity contribution in [2.75, 3.05) is 105 Å². The fourth-order valence-electron chi connectivity index (χ4n) is 1.13. The van der Waals surface area contributed by atoms with Gasteiger partial charge in [0.05, 0.1) is 52.9 Å². The minimum atomic E-state index is 0.139. The summed E-state index contributed by atoms with van der Waals surface area (Å²) in [4.78, 5) is 0. The zero-order valence-electron chi connectivity index (χ0n) is 16.9. The molecule has 12 nitrogen and oxygen atoms in total. The summed E-state index contributed by atoms with van der Waals surface area (Å²) < 4.78 is 0. The Kier molecular flexibility index (Phi) is 56.6. The number of rotatable bonds is 16. The van der Waals surface area contributed by atoms with E-state index in [0.29, 0.717) is 52.4 Å². The maximum absolute atomic E-state index is 8.15. The molecule has 0 amide bonds. The van der Waals surface area contributed by atoms with Gasteiger partial charge >= 0.3 is 0 Å². The third kappa shape index (κ3) is 63.7. The van der Waals surface area contributed by atoms with Gasteiger partial charge in [-0.2, -0.15) is 0 Å². The summed E-state index contributed by atoms with van der Waals surface area (Å²) in [7, 11) is 0. The highest BCUT2D eigenvalue weighted by Crippen LogP contribution is 1.56. The van der Waals surface area contributed by atoms with E-state index < -0.39 is 0 Å². The van der Waals surface area contributed by atoms with Gasteiger partial charge in [-0.05, 0) is 0 Å². The van der Waals surface area contributed by atoms with Crippen LogP contribution in [0.15, 0.2) is 0 Å². The molecule has 0 fully saturated rings. The highest BCUT2D eigenvalue weighted by Gasteiger charge is 1.80. The number of aliphatic hydroxyl groups excluding tert-OH is 8. The van der Waals surface area contributed by atoms with Crippen LogP contribution in [0.5, 0.6) is 0 Å². The first-order valence-corrected chi connectivity index (χ1v) is 9.36. The highest BCUT2D eigenvalue weighted by molar-refractivity contribution is 4.41. The van der Waals surface area contributed by atoms with Crippen molar-refractivity contribution in [1.29, 1.82) is 0 Å². The van der Waals surface area contributed by atoms with Crippen LogP contribution >= 0.6 is 0 Å². The minimum absolute atomic E-state index is 0.139. The summed E-state index contributed by atoms with van der Waals surface area (Å²) in [5.74, 6) is 0. The van der Waals surface area contributed by atoms with Gasteiger partial charge in [0.1, 0.15) is 0 Å². The molecule has 0 aromatic rings. The Bertz CT molecular complexity index is 155. The third-order valence-electron chi connectivity index (χ3n) is 2.31. The number of nitrogens with one attached hydrogen (secondary N) is 4. The van der Waals surface area contributed by atoms with E-state index >= 15 is 0 Å². The van der Waals surface area contributed by atoms with Crippen LogP contribution in [0.4, 0.5) is 0 Å². The SMILES string of the molecule is OCCNCCO.OCCNCCO.OCCNCCO.OCCNCCO. The first-order chi connectivity index (χ1) is 13.7. The molecule has 0 unspecified atom stereocenters. The topological polar surface area (TPSA) is 210 Å². The Balaban J connectivity index is -0.000000137. The zero-order chi connectivity index (χ0) is 22.1. The van der Waals surface area contributed by atoms with E-state index in [9.17, 15) is 0 Å². The highest BCUT2D eigenvalue weighted by atomic mass is 16.3. The lowest BCUT2D eigenvalue weighted by atomic mass is 10.6. The van der Waals surface area contributed by atoms with Gasteiger partial charge in [-0.3, -0.25) is 0 Å². The Labute approximate surface area is 168 Å². The van der Waals surface area contributed by atoms with Gasteiger partial charge < -0.3 is 62.1 Å². The normalized spacial score (nSPS) is 9.43. The van der Waals surface area contributed by atoms with Gasteiger partial charge in [-0.15, -0.1) is 0 Å². The molecule has 0 aliphatic carbocycles. The van der Waals surface area contributed by atoms with E-state index in [0.717, 1.165) is 0 Å². The summed E-state index contributed by atoms with van der Waals surface area (Å²) in [6, 6.07) is 0. The molecule has 0 heterocycles. The first kappa shape index (κ1) is 35.0. The Morgan fingerprint density at radius 1 is 0.250 bits per heavy atom. The lowest BCUT2D eigenvalue weighted by Gasteiger charge is -1.94. The van der Waals surface area contributed by atoms with Gasteiger partial charge in [0.2, 0.25) is 0 Å². The van der Waals surface area contributed by atoms with Crippen molar-refractivity contribution in [3.63, 3.8) is 0 Å². The molecule has 0 aliphatic heterocycles. The second kappa shape index (κ2) is 45.3. The average Bonchev–Trinajstić information content (AvgIpc) is 2.71. The van der Waals surface area contributed by atoms with E-state index in [1.807, 2.05) is 0 Å². The Morgan fingerprint density at radius 3 is 0.429 bits per heavy atom. The molecule has 0 atom stereocenters. The van der Waals surface area contributed by atoms with Gasteiger partial charge in [0, 0.05) is 52.4 Å². The van der Waals surface area contributed by atoms with Crippen molar-refractivity contribution in [3.05, 3.63) is 0 Å². The minimum Gasteiger partial charge on any atom is -0.395 e. The molecule has 0 spiro atoms. The molecule has 0 bridgehead atoms. The number of aliphatic hydroxyl groups is 8. The summed E-state index contributed by atoms with van der Waals surface area (Å²) >= 11 is 0. The van der Waals surface area contributed by atoms with E-state index in [-0.39, 0.29) is 52.9 Å². The second-order valence-corrected chi connectivity index (χ2v) is 4.79. The molecular weight excluding hydrogens is 376 g/mol. The molecule has 0 aromatic carbocycles. The molecule has 28 heavy (non-hydrogen) atoms. The molecule has 12 heteroatoms. The fourth-order valence-corrected chi connectivity index (χ4v) is 1.13. The summed E-state index contributed by atoms with van der Waals surface area (Å²) in [6.07, 6.45) is 0. The van der Waals surface area contributed by atoms with E-state index in [4.69, 9.17) is 40.9 Å². The zero-order valence-corrected chi connectivity index (χ0v) is 16.9. The molecule has 0 aromatic heterocycles. The molecule has 0 saturated heterocycles. The molecule has 0 rings (SSSR count). The van der Waals surface area contributed by atoms with Crippen LogP contribution in [0.2, 0.25) is 0 Å². The lowest BCUT2D eigenvalue weighted by Crippen LogP contribution is -2.21. The molecule has 0 aliphatic rings. The maximum Gasteiger partial charge on any atom is 0.0555 e. The average molecular weight is 421 g/mol. The fraction of sp³-hybridized carbons (Fsp3) is 1.00. The number of hydrogen-bond acceptors (Lipinski definition) is 12. The Hall–Kier alpha value is -0.480. The molecule has 0 saturated carbocycles. The van der Waals surface area contributed by atoms with Crippen LogP contribution in [0.1, 0.15) is 0 Å². The quantitative estimate of drug-likeness (QED) is 0.105. The van der Waals surface area contributed by atoms with Gasteiger partial charge in [-0.25, -0.2) is 0 Å². The molecular formula is C16H44N4O8. The Morgan fingerprint density at radius 2 is 0.357 bits per heavy atom. The van der Waals surface area contributed by atoms with E-state index in [1.54, 1.807) is 0 Å². The van der Waals surface area contributed by atoms with Crippen LogP contribution in [-0.2, 0) is 0 Å². The lowest BCUT2D eigenvalue weighted by molar-refractivity contribution is 0.266. The van der Waals surface area contributed by atoms with Crippen molar-refractivity contribution in [2.24, 2.45) is 0 Å². The van der Waals surface area contributed by atoms with E-state index in [1.165, 1.54) is 0 Å². The van der Waals surface area contributed by atoms with Crippen LogP contribution < -0.4 is 21.3 Å².